The molecule has 4 atom stereocenters. The van der Waals surface area contributed by atoms with E-state index in [-0.39, 0.29) is 11.9 Å². The van der Waals surface area contributed by atoms with E-state index in [1.165, 1.54) is 38.6 Å². The van der Waals surface area contributed by atoms with Gasteiger partial charge in [0.1, 0.15) is 5.69 Å². The van der Waals surface area contributed by atoms with Crippen molar-refractivity contribution in [1.82, 2.24) is 19.4 Å². The van der Waals surface area contributed by atoms with Gasteiger partial charge in [-0.3, -0.25) is 9.69 Å². The molecule has 5 nitrogen and oxygen atoms in total. The molecule has 0 unspecified atom stereocenters. The number of nitrogens with zero attached hydrogens (tertiary/aromatic N) is 4. The highest BCUT2D eigenvalue weighted by Gasteiger charge is 2.47. The molecule has 3 saturated heterocycles. The quantitative estimate of drug-likeness (QED) is 0.679. The lowest BCUT2D eigenvalue weighted by atomic mass is 9.68. The van der Waals surface area contributed by atoms with Crippen molar-refractivity contribution in [3.05, 3.63) is 46.7 Å². The smallest absolute Gasteiger partial charge is 0.274 e. The van der Waals surface area contributed by atoms with Gasteiger partial charge in [0.05, 0.1) is 6.04 Å². The van der Waals surface area contributed by atoms with E-state index < -0.39 is 0 Å². The average molecular weight is 423 g/mol. The van der Waals surface area contributed by atoms with Crippen LogP contribution in [0.3, 0.4) is 0 Å². The second-order valence-corrected chi connectivity index (χ2v) is 10.7. The first-order chi connectivity index (χ1) is 14.7. The van der Waals surface area contributed by atoms with Gasteiger partial charge >= 0.3 is 0 Å². The standard InChI is InChI=1S/C24H30N4OS/c1-16-21(25-24(30-16)26-9-4-5-10-26)23(29)28-12-6-7-17-13-18-14-19(22(17)28)15-27-11-3-2-8-20(18)27/h4-5,9-10,13,18-20,22H,2-3,6-8,11-12,14-15H2,1H3/t18-,19+,20-,22+/m0/s1. The Morgan fingerprint density at radius 1 is 1.17 bits per heavy atom. The second-order valence-electron chi connectivity index (χ2n) is 9.50. The topological polar surface area (TPSA) is 41.4 Å². The number of amides is 1. The number of hydrogen-bond donors (Lipinski definition) is 0. The van der Waals surface area contributed by atoms with Crippen LogP contribution in [-0.4, -0.2) is 57.0 Å². The molecule has 0 aromatic carbocycles. The molecule has 30 heavy (non-hydrogen) atoms. The van der Waals surface area contributed by atoms with Crippen LogP contribution in [-0.2, 0) is 0 Å². The van der Waals surface area contributed by atoms with Crippen molar-refractivity contribution in [2.24, 2.45) is 11.8 Å². The number of thiazole rings is 1. The van der Waals surface area contributed by atoms with E-state index in [1.807, 2.05) is 36.0 Å². The Morgan fingerprint density at radius 2 is 2.03 bits per heavy atom. The predicted octanol–water partition coefficient (Wildman–Crippen LogP) is 4.28. The van der Waals surface area contributed by atoms with E-state index in [0.717, 1.165) is 35.6 Å². The summed E-state index contributed by atoms with van der Waals surface area (Å²) in [5, 5.41) is 0.881. The van der Waals surface area contributed by atoms with E-state index in [2.05, 4.69) is 15.9 Å². The molecule has 4 aliphatic rings. The third-order valence-corrected chi connectivity index (χ3v) is 8.72. The van der Waals surface area contributed by atoms with Crippen molar-refractivity contribution in [2.75, 3.05) is 19.6 Å². The first-order valence-corrected chi connectivity index (χ1v) is 12.4. The van der Waals surface area contributed by atoms with Crippen molar-refractivity contribution in [2.45, 2.75) is 57.5 Å². The van der Waals surface area contributed by atoms with Gasteiger partial charge in [-0.15, -0.1) is 11.3 Å². The zero-order valence-corrected chi connectivity index (χ0v) is 18.5. The molecular formula is C24H30N4OS. The van der Waals surface area contributed by atoms with Gasteiger partial charge in [0.25, 0.3) is 5.91 Å². The van der Waals surface area contributed by atoms with Crippen molar-refractivity contribution in [3.63, 3.8) is 0 Å². The number of likely N-dealkylation sites (tertiary alicyclic amines) is 1. The lowest BCUT2D eigenvalue weighted by Gasteiger charge is -2.54. The maximum atomic E-state index is 13.7. The molecule has 2 aromatic heterocycles. The van der Waals surface area contributed by atoms with E-state index in [4.69, 9.17) is 4.98 Å². The number of rotatable bonds is 2. The zero-order chi connectivity index (χ0) is 20.2. The van der Waals surface area contributed by atoms with Crippen LogP contribution in [0, 0.1) is 18.8 Å². The summed E-state index contributed by atoms with van der Waals surface area (Å²) in [5.74, 6) is 1.42. The lowest BCUT2D eigenvalue weighted by molar-refractivity contribution is 0.00131. The molecule has 158 valence electrons. The van der Waals surface area contributed by atoms with Crippen LogP contribution in [0.2, 0.25) is 0 Å². The van der Waals surface area contributed by atoms with E-state index >= 15 is 0 Å². The van der Waals surface area contributed by atoms with Crippen LogP contribution < -0.4 is 0 Å². The highest BCUT2D eigenvalue weighted by molar-refractivity contribution is 7.14. The van der Waals surface area contributed by atoms with Crippen LogP contribution in [0.5, 0.6) is 0 Å². The Bertz CT molecular complexity index is 978. The summed E-state index contributed by atoms with van der Waals surface area (Å²) >= 11 is 1.61. The van der Waals surface area contributed by atoms with Gasteiger partial charge in [-0.2, -0.15) is 0 Å². The van der Waals surface area contributed by atoms with Crippen LogP contribution in [0.25, 0.3) is 5.13 Å². The highest BCUT2D eigenvalue weighted by atomic mass is 32.1. The van der Waals surface area contributed by atoms with Gasteiger partial charge in [0.2, 0.25) is 0 Å². The average Bonchev–Trinajstić information content (AvgIpc) is 3.43. The fourth-order valence-electron chi connectivity index (χ4n) is 6.49. The monoisotopic (exact) mass is 422 g/mol. The Morgan fingerprint density at radius 3 is 2.90 bits per heavy atom. The van der Waals surface area contributed by atoms with Crippen LogP contribution in [0.15, 0.2) is 36.2 Å². The fraction of sp³-hybridized carbons (Fsp3) is 0.583. The van der Waals surface area contributed by atoms with Gasteiger partial charge < -0.3 is 9.47 Å². The zero-order valence-electron chi connectivity index (χ0n) is 17.7. The summed E-state index contributed by atoms with van der Waals surface area (Å²) in [7, 11) is 0. The third kappa shape index (κ3) is 2.99. The van der Waals surface area contributed by atoms with E-state index in [9.17, 15) is 4.79 Å². The number of hydrogen-bond acceptors (Lipinski definition) is 4. The number of aryl methyl sites for hydroxylation is 1. The molecule has 6 rings (SSSR count). The molecule has 2 aromatic rings. The van der Waals surface area contributed by atoms with Crippen molar-refractivity contribution in [3.8, 4) is 5.13 Å². The van der Waals surface area contributed by atoms with Crippen molar-refractivity contribution in [1.29, 1.82) is 0 Å². The Hall–Kier alpha value is -1.92. The van der Waals surface area contributed by atoms with Gasteiger partial charge in [0.15, 0.2) is 5.13 Å². The molecule has 6 heteroatoms. The van der Waals surface area contributed by atoms with Gasteiger partial charge in [0, 0.05) is 36.4 Å². The number of carbonyl (C=O) groups is 1. The third-order valence-electron chi connectivity index (χ3n) is 7.73. The molecule has 0 saturated carbocycles. The maximum absolute atomic E-state index is 13.7. The number of carbonyl (C=O) groups excluding carboxylic acids is 1. The molecule has 0 spiro atoms. The summed E-state index contributed by atoms with van der Waals surface area (Å²) in [6, 6.07) is 5.02. The number of aromatic nitrogens is 2. The minimum absolute atomic E-state index is 0.136. The molecule has 1 aliphatic carbocycles. The van der Waals surface area contributed by atoms with Crippen LogP contribution >= 0.6 is 11.3 Å². The number of fused-ring (bicyclic) bond motifs is 6. The SMILES string of the molecule is Cc1sc(-n2cccc2)nc1C(=O)N1CCCC2=C[C@H]3C[C@H](CN4CCCC[C@@H]34)[C@@H]21. The Labute approximate surface area is 182 Å². The summed E-state index contributed by atoms with van der Waals surface area (Å²) < 4.78 is 2.00. The normalized spacial score (nSPS) is 31.1. The summed E-state index contributed by atoms with van der Waals surface area (Å²) in [4.78, 5) is 24.4. The van der Waals surface area contributed by atoms with Crippen LogP contribution in [0.4, 0.5) is 0 Å². The van der Waals surface area contributed by atoms with E-state index in [1.54, 1.807) is 16.9 Å². The van der Waals surface area contributed by atoms with Gasteiger partial charge in [-0.25, -0.2) is 4.98 Å². The largest absolute Gasteiger partial charge is 0.330 e. The highest BCUT2D eigenvalue weighted by Crippen LogP contribution is 2.45. The Balaban J connectivity index is 1.31. The number of piperidine rings is 3. The molecular weight excluding hydrogens is 392 g/mol. The summed E-state index contributed by atoms with van der Waals surface area (Å²) in [6.07, 6.45) is 14.1. The molecule has 3 fully saturated rings. The molecule has 2 bridgehead atoms. The van der Waals surface area contributed by atoms with Gasteiger partial charge in [-0.05, 0) is 69.5 Å². The van der Waals surface area contributed by atoms with Crippen LogP contribution in [0.1, 0.15) is 53.9 Å². The minimum atomic E-state index is 0.136. The molecule has 0 N–H and O–H groups in total. The second kappa shape index (κ2) is 7.34. The lowest BCUT2D eigenvalue weighted by Crippen LogP contribution is -2.60. The Kier molecular flexibility index (Phi) is 4.61. The van der Waals surface area contributed by atoms with Gasteiger partial charge in [-0.1, -0.05) is 18.1 Å². The fourth-order valence-corrected chi connectivity index (χ4v) is 7.36. The van der Waals surface area contributed by atoms with Crippen molar-refractivity contribution >= 4 is 17.2 Å². The first kappa shape index (κ1) is 18.8. The first-order valence-electron chi connectivity index (χ1n) is 11.6. The van der Waals surface area contributed by atoms with E-state index in [0.29, 0.717) is 17.5 Å². The molecule has 0 radical (unpaired) electrons. The molecule has 1 amide bonds. The summed E-state index contributed by atoms with van der Waals surface area (Å²) in [6.45, 7) is 5.31. The minimum Gasteiger partial charge on any atom is -0.330 e. The summed E-state index contributed by atoms with van der Waals surface area (Å²) in [5.41, 5.74) is 2.19. The molecule has 5 heterocycles. The maximum Gasteiger partial charge on any atom is 0.274 e. The van der Waals surface area contributed by atoms with Crippen molar-refractivity contribution < 1.29 is 4.79 Å². The predicted molar refractivity (Wildman–Crippen MR) is 119 cm³/mol. The molecule has 3 aliphatic heterocycles.